The second-order valence-corrected chi connectivity index (χ2v) is 9.08. The molecule has 31 heavy (non-hydrogen) atoms. The van der Waals surface area contributed by atoms with E-state index < -0.39 is 16.0 Å². The Morgan fingerprint density at radius 1 is 1.10 bits per heavy atom. The van der Waals surface area contributed by atoms with E-state index in [0.717, 1.165) is 5.56 Å². The van der Waals surface area contributed by atoms with Crippen LogP contribution in [0.2, 0.25) is 10.0 Å². The van der Waals surface area contributed by atoms with Crippen LogP contribution in [0.5, 0.6) is 0 Å². The Labute approximate surface area is 190 Å². The molecule has 2 aromatic carbocycles. The summed E-state index contributed by atoms with van der Waals surface area (Å²) in [6.07, 6.45) is 1.28. The average molecular weight is 480 g/mol. The molecule has 0 unspecified atom stereocenters. The molecule has 3 rings (SSSR count). The van der Waals surface area contributed by atoms with Gasteiger partial charge in [-0.2, -0.15) is 0 Å². The standard InChI is InChI=1S/C21H19Cl2N3O4S/c1-2-26(13-14-6-4-3-5-7-14)20-17(21(27)28)10-15(12-24-20)25-31(29,30)16-8-9-18(22)19(23)11-16/h3-12,25H,2,13H2,1H3,(H,27,28). The fraction of sp³-hybridized carbons (Fsp3) is 0.143. The Bertz CT molecular complexity index is 1200. The van der Waals surface area contributed by atoms with Gasteiger partial charge in [-0.25, -0.2) is 18.2 Å². The number of rotatable bonds is 8. The molecule has 0 aliphatic carbocycles. The van der Waals surface area contributed by atoms with Gasteiger partial charge in [-0.1, -0.05) is 53.5 Å². The minimum Gasteiger partial charge on any atom is -0.478 e. The monoisotopic (exact) mass is 479 g/mol. The lowest BCUT2D eigenvalue weighted by molar-refractivity contribution is 0.0697. The summed E-state index contributed by atoms with van der Waals surface area (Å²) in [5, 5.41) is 10.0. The summed E-state index contributed by atoms with van der Waals surface area (Å²) in [5.74, 6) is -0.971. The summed E-state index contributed by atoms with van der Waals surface area (Å²) in [6.45, 7) is 2.85. The molecule has 0 bridgehead atoms. The van der Waals surface area contributed by atoms with Gasteiger partial charge in [0.05, 0.1) is 26.8 Å². The lowest BCUT2D eigenvalue weighted by atomic mass is 10.2. The van der Waals surface area contributed by atoms with Crippen LogP contribution in [-0.2, 0) is 16.6 Å². The molecule has 0 fully saturated rings. The summed E-state index contributed by atoms with van der Waals surface area (Å²) < 4.78 is 27.7. The molecule has 10 heteroatoms. The Morgan fingerprint density at radius 3 is 2.42 bits per heavy atom. The fourth-order valence-corrected chi connectivity index (χ4v) is 4.34. The van der Waals surface area contributed by atoms with E-state index in [-0.39, 0.29) is 32.0 Å². The van der Waals surface area contributed by atoms with Gasteiger partial charge < -0.3 is 10.0 Å². The molecule has 0 aliphatic heterocycles. The predicted octanol–water partition coefficient (Wildman–Crippen LogP) is 4.91. The lowest BCUT2D eigenvalue weighted by Gasteiger charge is -2.24. The molecule has 1 aromatic heterocycles. The normalized spacial score (nSPS) is 11.2. The molecule has 0 saturated carbocycles. The first-order valence-electron chi connectivity index (χ1n) is 9.21. The quantitative estimate of drug-likeness (QED) is 0.475. The second kappa shape index (κ2) is 9.55. The van der Waals surface area contributed by atoms with Crippen molar-refractivity contribution >= 4 is 50.7 Å². The molecule has 0 amide bonds. The summed E-state index contributed by atoms with van der Waals surface area (Å²) in [4.78, 5) is 17.8. The lowest BCUT2D eigenvalue weighted by Crippen LogP contribution is -2.25. The van der Waals surface area contributed by atoms with Crippen LogP contribution in [0.4, 0.5) is 11.5 Å². The van der Waals surface area contributed by atoms with Crippen LogP contribution in [0.3, 0.4) is 0 Å². The van der Waals surface area contributed by atoms with Crippen molar-refractivity contribution in [1.82, 2.24) is 4.98 Å². The topological polar surface area (TPSA) is 99.6 Å². The van der Waals surface area contributed by atoms with E-state index in [2.05, 4.69) is 9.71 Å². The molecule has 162 valence electrons. The number of sulfonamides is 1. The number of aromatic carboxylic acids is 1. The third-order valence-electron chi connectivity index (χ3n) is 4.45. The molecule has 7 nitrogen and oxygen atoms in total. The Balaban J connectivity index is 1.92. The summed E-state index contributed by atoms with van der Waals surface area (Å²) in [6, 6.07) is 14.7. The van der Waals surface area contributed by atoms with E-state index >= 15 is 0 Å². The number of nitrogens with one attached hydrogen (secondary N) is 1. The zero-order valence-electron chi connectivity index (χ0n) is 16.4. The van der Waals surface area contributed by atoms with Gasteiger partial charge in [0.1, 0.15) is 11.4 Å². The van der Waals surface area contributed by atoms with E-state index in [0.29, 0.717) is 13.1 Å². The fourth-order valence-electron chi connectivity index (χ4n) is 2.92. The van der Waals surface area contributed by atoms with E-state index in [9.17, 15) is 18.3 Å². The molecule has 0 aliphatic rings. The molecular weight excluding hydrogens is 461 g/mol. The summed E-state index contributed by atoms with van der Waals surface area (Å²) >= 11 is 11.7. The van der Waals surface area contributed by atoms with Crippen molar-refractivity contribution in [2.45, 2.75) is 18.4 Å². The Morgan fingerprint density at radius 2 is 1.81 bits per heavy atom. The van der Waals surface area contributed by atoms with Crippen LogP contribution in [0.25, 0.3) is 0 Å². The van der Waals surface area contributed by atoms with Gasteiger partial charge in [-0.15, -0.1) is 0 Å². The van der Waals surface area contributed by atoms with Gasteiger partial charge in [0.15, 0.2) is 0 Å². The average Bonchev–Trinajstić information content (AvgIpc) is 2.74. The third-order valence-corrected chi connectivity index (χ3v) is 6.57. The number of hydrogen-bond donors (Lipinski definition) is 2. The predicted molar refractivity (Wildman–Crippen MR) is 122 cm³/mol. The Hall–Kier alpha value is -2.81. The molecule has 0 radical (unpaired) electrons. The SMILES string of the molecule is CCN(Cc1ccccc1)c1ncc(NS(=O)(=O)c2ccc(Cl)c(Cl)c2)cc1C(=O)O. The van der Waals surface area contributed by atoms with E-state index in [1.165, 1.54) is 30.5 Å². The first-order valence-corrected chi connectivity index (χ1v) is 11.4. The molecule has 0 spiro atoms. The minimum atomic E-state index is -4.02. The number of carboxylic acids is 1. The van der Waals surface area contributed by atoms with Crippen LogP contribution in [-0.4, -0.2) is 31.0 Å². The van der Waals surface area contributed by atoms with Gasteiger partial charge in [-0.05, 0) is 36.8 Å². The zero-order valence-corrected chi connectivity index (χ0v) is 18.7. The number of anilines is 2. The maximum atomic E-state index is 12.7. The van der Waals surface area contributed by atoms with Crippen molar-refractivity contribution in [3.05, 3.63) is 82.0 Å². The van der Waals surface area contributed by atoms with E-state index in [1.807, 2.05) is 37.3 Å². The molecule has 3 aromatic rings. The number of aromatic nitrogens is 1. The molecule has 0 atom stereocenters. The maximum Gasteiger partial charge on any atom is 0.339 e. The highest BCUT2D eigenvalue weighted by atomic mass is 35.5. The largest absolute Gasteiger partial charge is 0.478 e. The van der Waals surface area contributed by atoms with E-state index in [1.54, 1.807) is 4.90 Å². The van der Waals surface area contributed by atoms with Crippen LogP contribution in [0.1, 0.15) is 22.8 Å². The van der Waals surface area contributed by atoms with Crippen LogP contribution in [0.15, 0.2) is 65.7 Å². The highest BCUT2D eigenvalue weighted by molar-refractivity contribution is 7.92. The molecular formula is C21H19Cl2N3O4S. The first kappa shape index (κ1) is 22.9. The number of nitrogens with zero attached hydrogens (tertiary/aromatic N) is 2. The van der Waals surface area contributed by atoms with Crippen molar-refractivity contribution < 1.29 is 18.3 Å². The molecule has 0 saturated heterocycles. The van der Waals surface area contributed by atoms with Crippen molar-refractivity contribution in [1.29, 1.82) is 0 Å². The van der Waals surface area contributed by atoms with Crippen molar-refractivity contribution in [2.24, 2.45) is 0 Å². The highest BCUT2D eigenvalue weighted by Crippen LogP contribution is 2.28. The first-order chi connectivity index (χ1) is 14.7. The number of pyridine rings is 1. The second-order valence-electron chi connectivity index (χ2n) is 6.58. The van der Waals surface area contributed by atoms with Crippen molar-refractivity contribution in [3.63, 3.8) is 0 Å². The third kappa shape index (κ3) is 5.46. The van der Waals surface area contributed by atoms with Gasteiger partial charge in [0.25, 0.3) is 10.0 Å². The van der Waals surface area contributed by atoms with E-state index in [4.69, 9.17) is 23.2 Å². The maximum absolute atomic E-state index is 12.7. The number of carboxylic acid groups (broad SMARTS) is 1. The van der Waals surface area contributed by atoms with Crippen molar-refractivity contribution in [3.8, 4) is 0 Å². The van der Waals surface area contributed by atoms with Crippen LogP contribution in [0, 0.1) is 0 Å². The van der Waals surface area contributed by atoms with Crippen LogP contribution < -0.4 is 9.62 Å². The van der Waals surface area contributed by atoms with Gasteiger partial charge in [0.2, 0.25) is 0 Å². The smallest absolute Gasteiger partial charge is 0.339 e. The summed E-state index contributed by atoms with van der Waals surface area (Å²) in [5.41, 5.74) is 0.891. The minimum absolute atomic E-state index is 0.0167. The van der Waals surface area contributed by atoms with Crippen LogP contribution >= 0.6 is 23.2 Å². The number of carbonyl (C=O) groups is 1. The molecule has 2 N–H and O–H groups in total. The summed E-state index contributed by atoms with van der Waals surface area (Å²) in [7, 11) is -4.02. The van der Waals surface area contributed by atoms with Gasteiger partial charge >= 0.3 is 5.97 Å². The number of benzene rings is 2. The highest BCUT2D eigenvalue weighted by Gasteiger charge is 2.21. The van der Waals surface area contributed by atoms with Gasteiger partial charge in [0, 0.05) is 13.1 Å². The molecule has 1 heterocycles. The van der Waals surface area contributed by atoms with Crippen molar-refractivity contribution in [2.75, 3.05) is 16.2 Å². The Kier molecular flexibility index (Phi) is 7.04. The van der Waals surface area contributed by atoms with Gasteiger partial charge in [-0.3, -0.25) is 4.72 Å². The number of halogens is 2. The zero-order chi connectivity index (χ0) is 22.6. The number of hydrogen-bond acceptors (Lipinski definition) is 5.